The van der Waals surface area contributed by atoms with Crippen LogP contribution in [0, 0.1) is 11.8 Å². The molecule has 0 saturated heterocycles. The van der Waals surface area contributed by atoms with Crippen LogP contribution in [0.4, 0.5) is 0 Å². The van der Waals surface area contributed by atoms with Gasteiger partial charge < -0.3 is 10.4 Å². The summed E-state index contributed by atoms with van der Waals surface area (Å²) in [6, 6.07) is 0. The molecule has 0 spiro atoms. The molecule has 1 fully saturated rings. The van der Waals surface area contributed by atoms with Crippen molar-refractivity contribution in [1.29, 1.82) is 0 Å². The minimum absolute atomic E-state index is 0.321. The van der Waals surface area contributed by atoms with E-state index in [9.17, 15) is 9.90 Å². The molecule has 1 aliphatic carbocycles. The fourth-order valence-electron chi connectivity index (χ4n) is 1.77. The second-order valence-corrected chi connectivity index (χ2v) is 6.43. The zero-order valence-electron chi connectivity index (χ0n) is 10.6. The third kappa shape index (κ3) is 2.92. The molecule has 0 aromatic heterocycles. The Balaban J connectivity index is 2.60. The van der Waals surface area contributed by atoms with Crippen LogP contribution in [0.15, 0.2) is 0 Å². The van der Waals surface area contributed by atoms with Gasteiger partial charge in [0.1, 0.15) is 5.54 Å². The summed E-state index contributed by atoms with van der Waals surface area (Å²) in [4.78, 5) is 11.4. The predicted molar refractivity (Wildman–Crippen MR) is 68.9 cm³/mol. The number of hydrogen-bond acceptors (Lipinski definition) is 3. The number of carboxylic acid groups (broad SMARTS) is 1. The van der Waals surface area contributed by atoms with E-state index in [2.05, 4.69) is 26.1 Å². The SMILES string of the molecule is CNC(CSC(C)C(C)C)(C(=O)O)C1CC1. The summed E-state index contributed by atoms with van der Waals surface area (Å²) in [7, 11) is 1.77. The van der Waals surface area contributed by atoms with Gasteiger partial charge in [0.25, 0.3) is 0 Å². The Kier molecular flexibility index (Phi) is 4.68. The smallest absolute Gasteiger partial charge is 0.325 e. The standard InChI is InChI=1S/C12H23NO2S/c1-8(2)9(3)16-7-12(13-4,11(14)15)10-5-6-10/h8-10,13H,5-7H2,1-4H3,(H,14,15). The highest BCUT2D eigenvalue weighted by atomic mass is 32.2. The van der Waals surface area contributed by atoms with E-state index in [1.807, 2.05) is 0 Å². The lowest BCUT2D eigenvalue weighted by Gasteiger charge is -2.30. The molecule has 94 valence electrons. The van der Waals surface area contributed by atoms with Crippen molar-refractivity contribution < 1.29 is 9.90 Å². The Hall–Kier alpha value is -0.220. The average molecular weight is 245 g/mol. The van der Waals surface area contributed by atoms with Crippen LogP contribution in [-0.4, -0.2) is 34.7 Å². The molecule has 0 radical (unpaired) electrons. The number of nitrogens with one attached hydrogen (secondary N) is 1. The molecule has 0 bridgehead atoms. The van der Waals surface area contributed by atoms with Crippen molar-refractivity contribution in [2.24, 2.45) is 11.8 Å². The third-order valence-corrected chi connectivity index (χ3v) is 5.31. The van der Waals surface area contributed by atoms with Gasteiger partial charge in [0.15, 0.2) is 0 Å². The number of thioether (sulfide) groups is 1. The van der Waals surface area contributed by atoms with Crippen LogP contribution in [-0.2, 0) is 4.79 Å². The first-order valence-corrected chi connectivity index (χ1v) is 7.02. The molecule has 16 heavy (non-hydrogen) atoms. The number of rotatable bonds is 7. The van der Waals surface area contributed by atoms with Gasteiger partial charge in [-0.1, -0.05) is 20.8 Å². The molecule has 0 heterocycles. The first-order chi connectivity index (χ1) is 7.44. The maximum absolute atomic E-state index is 11.4. The van der Waals surface area contributed by atoms with Crippen molar-refractivity contribution in [1.82, 2.24) is 5.32 Å². The van der Waals surface area contributed by atoms with E-state index in [1.165, 1.54) is 0 Å². The Morgan fingerprint density at radius 2 is 2.06 bits per heavy atom. The molecule has 0 aromatic carbocycles. The molecule has 2 atom stereocenters. The van der Waals surface area contributed by atoms with E-state index in [-0.39, 0.29) is 0 Å². The van der Waals surface area contributed by atoms with Crippen LogP contribution in [0.25, 0.3) is 0 Å². The van der Waals surface area contributed by atoms with Gasteiger partial charge in [-0.05, 0) is 31.7 Å². The van der Waals surface area contributed by atoms with Crippen molar-refractivity contribution in [3.63, 3.8) is 0 Å². The van der Waals surface area contributed by atoms with E-state index >= 15 is 0 Å². The summed E-state index contributed by atoms with van der Waals surface area (Å²) in [6.45, 7) is 6.53. The van der Waals surface area contributed by atoms with E-state index < -0.39 is 11.5 Å². The normalized spacial score (nSPS) is 21.8. The van der Waals surface area contributed by atoms with Crippen LogP contribution in [0.1, 0.15) is 33.6 Å². The van der Waals surface area contributed by atoms with Crippen LogP contribution in [0.3, 0.4) is 0 Å². The van der Waals surface area contributed by atoms with Gasteiger partial charge in [-0.15, -0.1) is 0 Å². The minimum atomic E-state index is -0.701. The van der Waals surface area contributed by atoms with Gasteiger partial charge in [0.05, 0.1) is 0 Å². The summed E-state index contributed by atoms with van der Waals surface area (Å²) in [6.07, 6.45) is 2.09. The predicted octanol–water partition coefficient (Wildman–Crippen LogP) is 2.22. The molecule has 1 saturated carbocycles. The lowest BCUT2D eigenvalue weighted by atomic mass is 9.96. The number of carboxylic acids is 1. The van der Waals surface area contributed by atoms with Crippen LogP contribution in [0.5, 0.6) is 0 Å². The lowest BCUT2D eigenvalue weighted by Crippen LogP contribution is -2.55. The lowest BCUT2D eigenvalue weighted by molar-refractivity contribution is -0.144. The Morgan fingerprint density at radius 1 is 1.50 bits per heavy atom. The zero-order valence-corrected chi connectivity index (χ0v) is 11.4. The monoisotopic (exact) mass is 245 g/mol. The second kappa shape index (κ2) is 5.41. The molecular weight excluding hydrogens is 222 g/mol. The maximum atomic E-state index is 11.4. The maximum Gasteiger partial charge on any atom is 0.325 e. The van der Waals surface area contributed by atoms with Crippen molar-refractivity contribution in [3.05, 3.63) is 0 Å². The topological polar surface area (TPSA) is 49.3 Å². The fourth-order valence-corrected chi connectivity index (χ4v) is 3.18. The van der Waals surface area contributed by atoms with Crippen LogP contribution >= 0.6 is 11.8 Å². The molecule has 2 N–H and O–H groups in total. The van der Waals surface area contributed by atoms with E-state index in [1.54, 1.807) is 18.8 Å². The van der Waals surface area contributed by atoms with Gasteiger partial charge >= 0.3 is 5.97 Å². The Morgan fingerprint density at radius 3 is 2.38 bits per heavy atom. The number of likely N-dealkylation sites (N-methyl/N-ethyl adjacent to an activating group) is 1. The van der Waals surface area contributed by atoms with Gasteiger partial charge in [0.2, 0.25) is 0 Å². The number of hydrogen-bond donors (Lipinski definition) is 2. The molecule has 0 amide bonds. The number of carbonyl (C=O) groups is 1. The molecule has 3 nitrogen and oxygen atoms in total. The molecule has 1 aliphatic rings. The highest BCUT2D eigenvalue weighted by Gasteiger charge is 2.50. The zero-order chi connectivity index (χ0) is 12.3. The molecule has 4 heteroatoms. The van der Waals surface area contributed by atoms with Crippen molar-refractivity contribution >= 4 is 17.7 Å². The summed E-state index contributed by atoms with van der Waals surface area (Å²) >= 11 is 1.77. The van der Waals surface area contributed by atoms with Crippen LogP contribution < -0.4 is 5.32 Å². The minimum Gasteiger partial charge on any atom is -0.480 e. The quantitative estimate of drug-likeness (QED) is 0.722. The first kappa shape index (κ1) is 13.8. The van der Waals surface area contributed by atoms with Gasteiger partial charge in [-0.3, -0.25) is 4.79 Å². The Labute approximate surface area is 102 Å². The van der Waals surface area contributed by atoms with E-state index in [0.717, 1.165) is 12.8 Å². The first-order valence-electron chi connectivity index (χ1n) is 5.98. The fraction of sp³-hybridized carbons (Fsp3) is 0.917. The third-order valence-electron chi connectivity index (χ3n) is 3.61. The van der Waals surface area contributed by atoms with Crippen molar-refractivity contribution in [3.8, 4) is 0 Å². The summed E-state index contributed by atoms with van der Waals surface area (Å²) in [5.41, 5.74) is -0.701. The largest absolute Gasteiger partial charge is 0.480 e. The van der Waals surface area contributed by atoms with E-state index in [4.69, 9.17) is 0 Å². The van der Waals surface area contributed by atoms with Crippen molar-refractivity contribution in [2.45, 2.75) is 44.4 Å². The summed E-state index contributed by atoms with van der Waals surface area (Å²) in [5, 5.41) is 13.0. The summed E-state index contributed by atoms with van der Waals surface area (Å²) in [5.74, 6) is 0.887. The highest BCUT2D eigenvalue weighted by Crippen LogP contribution is 2.42. The summed E-state index contributed by atoms with van der Waals surface area (Å²) < 4.78 is 0. The number of aliphatic carboxylic acids is 1. The van der Waals surface area contributed by atoms with Crippen LogP contribution in [0.2, 0.25) is 0 Å². The highest BCUT2D eigenvalue weighted by molar-refractivity contribution is 8.00. The van der Waals surface area contributed by atoms with Gasteiger partial charge in [-0.25, -0.2) is 0 Å². The Bertz CT molecular complexity index is 253. The second-order valence-electron chi connectivity index (χ2n) is 5.06. The average Bonchev–Trinajstić information content (AvgIpc) is 3.02. The van der Waals surface area contributed by atoms with Gasteiger partial charge in [0, 0.05) is 11.0 Å². The van der Waals surface area contributed by atoms with Gasteiger partial charge in [-0.2, -0.15) is 11.8 Å². The van der Waals surface area contributed by atoms with Crippen molar-refractivity contribution in [2.75, 3.05) is 12.8 Å². The van der Waals surface area contributed by atoms with E-state index in [0.29, 0.717) is 22.8 Å². The molecular formula is C12H23NO2S. The molecule has 0 aromatic rings. The molecule has 1 rings (SSSR count). The molecule has 0 aliphatic heterocycles. The molecule has 2 unspecified atom stereocenters.